The Kier molecular flexibility index (Phi) is 5.06. The third-order valence-corrected chi connectivity index (χ3v) is 5.28. The first-order chi connectivity index (χ1) is 11.3. The van der Waals surface area contributed by atoms with Crippen LogP contribution >= 0.6 is 0 Å². The maximum absolute atomic E-state index is 12.3. The molecule has 0 aromatic heterocycles. The molecule has 134 valence electrons. The summed E-state index contributed by atoms with van der Waals surface area (Å²) in [4.78, 5) is 2.36. The smallest absolute Gasteiger partial charge is 0.406 e. The van der Waals surface area contributed by atoms with Crippen molar-refractivity contribution in [1.29, 1.82) is 0 Å². The van der Waals surface area contributed by atoms with Gasteiger partial charge in [-0.3, -0.25) is 4.90 Å². The molecular weight excluding hydrogens is 317 g/mol. The van der Waals surface area contributed by atoms with Crippen molar-refractivity contribution in [1.82, 2.24) is 4.90 Å². The van der Waals surface area contributed by atoms with Gasteiger partial charge < -0.3 is 10.5 Å². The van der Waals surface area contributed by atoms with Crippen LogP contribution in [0.25, 0.3) is 0 Å². The first-order valence-electron chi connectivity index (χ1n) is 8.72. The second-order valence-electron chi connectivity index (χ2n) is 7.18. The fourth-order valence-corrected chi connectivity index (χ4v) is 3.86. The molecule has 1 saturated carbocycles. The van der Waals surface area contributed by atoms with Crippen LogP contribution in [0, 0.1) is 0 Å². The Labute approximate surface area is 141 Å². The van der Waals surface area contributed by atoms with Gasteiger partial charge in [0, 0.05) is 25.2 Å². The van der Waals surface area contributed by atoms with Gasteiger partial charge in [0.25, 0.3) is 0 Å². The standard InChI is InChI=1S/C18H25F3N2O/c19-18(20,21)24-16-5-4-15-13-23(10-6-14(15)12-16)11-9-17(22)7-2-1-3-8-17/h4-5,12H,1-3,6-11,13,22H2. The van der Waals surface area contributed by atoms with Gasteiger partial charge in [-0.15, -0.1) is 13.2 Å². The van der Waals surface area contributed by atoms with Crippen LogP contribution in [0.15, 0.2) is 18.2 Å². The zero-order valence-corrected chi connectivity index (χ0v) is 13.9. The third kappa shape index (κ3) is 4.63. The summed E-state index contributed by atoms with van der Waals surface area (Å²) >= 11 is 0. The minimum absolute atomic E-state index is 0.0249. The van der Waals surface area contributed by atoms with Crippen molar-refractivity contribution in [2.75, 3.05) is 13.1 Å². The number of hydrogen-bond acceptors (Lipinski definition) is 3. The number of fused-ring (bicyclic) bond motifs is 1. The van der Waals surface area contributed by atoms with E-state index >= 15 is 0 Å². The van der Waals surface area contributed by atoms with Gasteiger partial charge in [-0.2, -0.15) is 0 Å². The van der Waals surface area contributed by atoms with E-state index in [1.807, 2.05) is 0 Å². The van der Waals surface area contributed by atoms with Crippen LogP contribution in [-0.4, -0.2) is 29.9 Å². The SMILES string of the molecule is NC1(CCN2CCc3cc(OC(F)(F)F)ccc3C2)CCCCC1. The summed E-state index contributed by atoms with van der Waals surface area (Å²) in [5.74, 6) is -0.127. The molecule has 0 bridgehead atoms. The highest BCUT2D eigenvalue weighted by Crippen LogP contribution is 2.31. The third-order valence-electron chi connectivity index (χ3n) is 5.28. The van der Waals surface area contributed by atoms with Crippen LogP contribution in [0.2, 0.25) is 0 Å². The molecule has 0 radical (unpaired) electrons. The van der Waals surface area contributed by atoms with E-state index in [1.165, 1.54) is 31.4 Å². The topological polar surface area (TPSA) is 38.5 Å². The van der Waals surface area contributed by atoms with Crippen molar-refractivity contribution in [2.45, 2.75) is 63.4 Å². The van der Waals surface area contributed by atoms with Crippen molar-refractivity contribution in [3.05, 3.63) is 29.3 Å². The highest BCUT2D eigenvalue weighted by molar-refractivity contribution is 5.37. The molecule has 24 heavy (non-hydrogen) atoms. The lowest BCUT2D eigenvalue weighted by atomic mass is 9.80. The number of benzene rings is 1. The minimum atomic E-state index is -4.63. The number of ether oxygens (including phenoxy) is 1. The highest BCUT2D eigenvalue weighted by Gasteiger charge is 2.32. The molecule has 1 heterocycles. The van der Waals surface area contributed by atoms with Gasteiger partial charge in [0.05, 0.1) is 0 Å². The Hall–Kier alpha value is -1.27. The average Bonchev–Trinajstić information content (AvgIpc) is 2.52. The summed E-state index contributed by atoms with van der Waals surface area (Å²) in [6.07, 6.45) is 3.07. The number of alkyl halides is 3. The number of nitrogens with two attached hydrogens (primary N) is 1. The van der Waals surface area contributed by atoms with E-state index in [-0.39, 0.29) is 11.3 Å². The van der Waals surface area contributed by atoms with Crippen molar-refractivity contribution in [2.24, 2.45) is 5.73 Å². The van der Waals surface area contributed by atoms with Crippen molar-refractivity contribution < 1.29 is 17.9 Å². The van der Waals surface area contributed by atoms with Crippen LogP contribution in [0.4, 0.5) is 13.2 Å². The van der Waals surface area contributed by atoms with Gasteiger partial charge in [0.1, 0.15) is 5.75 Å². The Morgan fingerprint density at radius 2 is 1.88 bits per heavy atom. The Morgan fingerprint density at radius 3 is 2.58 bits per heavy atom. The molecule has 0 saturated heterocycles. The Balaban J connectivity index is 1.56. The fraction of sp³-hybridized carbons (Fsp3) is 0.667. The summed E-state index contributed by atoms with van der Waals surface area (Å²) in [7, 11) is 0. The Morgan fingerprint density at radius 1 is 1.12 bits per heavy atom. The van der Waals surface area contributed by atoms with Crippen molar-refractivity contribution in [3.8, 4) is 5.75 Å². The molecule has 0 amide bonds. The fourth-order valence-electron chi connectivity index (χ4n) is 3.86. The maximum Gasteiger partial charge on any atom is 0.573 e. The summed E-state index contributed by atoms with van der Waals surface area (Å²) in [6.45, 7) is 2.59. The van der Waals surface area contributed by atoms with Crippen LogP contribution in [0.5, 0.6) is 5.75 Å². The largest absolute Gasteiger partial charge is 0.573 e. The maximum atomic E-state index is 12.3. The average molecular weight is 342 g/mol. The molecule has 0 spiro atoms. The molecular formula is C18H25F3N2O. The van der Waals surface area contributed by atoms with Crippen molar-refractivity contribution in [3.63, 3.8) is 0 Å². The van der Waals surface area contributed by atoms with Gasteiger partial charge in [-0.05, 0) is 48.9 Å². The summed E-state index contributed by atoms with van der Waals surface area (Å²) in [6, 6.07) is 4.68. The lowest BCUT2D eigenvalue weighted by Crippen LogP contribution is -2.45. The summed E-state index contributed by atoms with van der Waals surface area (Å²) in [5, 5.41) is 0. The van der Waals surface area contributed by atoms with E-state index < -0.39 is 6.36 Å². The number of hydrogen-bond donors (Lipinski definition) is 1. The van der Waals surface area contributed by atoms with E-state index in [0.29, 0.717) is 0 Å². The van der Waals surface area contributed by atoms with E-state index in [4.69, 9.17) is 5.73 Å². The lowest BCUT2D eigenvalue weighted by molar-refractivity contribution is -0.274. The molecule has 1 aliphatic heterocycles. The monoisotopic (exact) mass is 342 g/mol. The summed E-state index contributed by atoms with van der Waals surface area (Å²) < 4.78 is 40.9. The molecule has 0 unspecified atom stereocenters. The zero-order valence-electron chi connectivity index (χ0n) is 13.9. The van der Waals surface area contributed by atoms with E-state index in [9.17, 15) is 13.2 Å². The second-order valence-corrected chi connectivity index (χ2v) is 7.18. The van der Waals surface area contributed by atoms with E-state index in [1.54, 1.807) is 6.07 Å². The van der Waals surface area contributed by atoms with Gasteiger partial charge in [-0.1, -0.05) is 25.3 Å². The number of nitrogens with zero attached hydrogens (tertiary/aromatic N) is 1. The first-order valence-corrected chi connectivity index (χ1v) is 8.72. The molecule has 1 aromatic carbocycles. The predicted molar refractivity (Wildman–Crippen MR) is 86.7 cm³/mol. The first kappa shape index (κ1) is 17.5. The molecule has 2 aliphatic rings. The second kappa shape index (κ2) is 6.92. The van der Waals surface area contributed by atoms with Gasteiger partial charge >= 0.3 is 6.36 Å². The normalized spacial score (nSPS) is 21.3. The Bertz CT molecular complexity index is 568. The van der Waals surface area contributed by atoms with Crippen LogP contribution in [-0.2, 0) is 13.0 Å². The van der Waals surface area contributed by atoms with E-state index in [0.717, 1.165) is 56.4 Å². The molecule has 2 N–H and O–H groups in total. The molecule has 1 aliphatic carbocycles. The number of halogens is 3. The predicted octanol–water partition coefficient (Wildman–Crippen LogP) is 4.00. The zero-order chi connectivity index (χ0) is 17.2. The van der Waals surface area contributed by atoms with Crippen LogP contribution < -0.4 is 10.5 Å². The molecule has 6 heteroatoms. The van der Waals surface area contributed by atoms with E-state index in [2.05, 4.69) is 9.64 Å². The molecule has 1 fully saturated rings. The lowest BCUT2D eigenvalue weighted by Gasteiger charge is -2.36. The number of rotatable bonds is 4. The quantitative estimate of drug-likeness (QED) is 0.899. The van der Waals surface area contributed by atoms with Crippen LogP contribution in [0.1, 0.15) is 49.7 Å². The molecule has 0 atom stereocenters. The minimum Gasteiger partial charge on any atom is -0.406 e. The van der Waals surface area contributed by atoms with Crippen molar-refractivity contribution >= 4 is 0 Å². The van der Waals surface area contributed by atoms with Gasteiger partial charge in [-0.25, -0.2) is 0 Å². The van der Waals surface area contributed by atoms with Gasteiger partial charge in [0.15, 0.2) is 0 Å². The molecule has 3 rings (SSSR count). The molecule has 1 aromatic rings. The molecule has 3 nitrogen and oxygen atoms in total. The highest BCUT2D eigenvalue weighted by atomic mass is 19.4. The summed E-state index contributed by atoms with van der Waals surface area (Å²) in [5.41, 5.74) is 8.52. The van der Waals surface area contributed by atoms with Crippen LogP contribution in [0.3, 0.4) is 0 Å². The van der Waals surface area contributed by atoms with Gasteiger partial charge in [0.2, 0.25) is 0 Å².